The van der Waals surface area contributed by atoms with Crippen molar-refractivity contribution in [2.24, 2.45) is 0 Å². The Balaban J connectivity index is 1.84. The highest BCUT2D eigenvalue weighted by Gasteiger charge is 2.68. The first-order valence-corrected chi connectivity index (χ1v) is 8.37. The molecule has 0 bridgehead atoms. The molecular formula is C19H16F3N3O3. The van der Waals surface area contributed by atoms with Crippen LogP contribution in [0.1, 0.15) is 15.9 Å². The standard InChI is InChI=1S/C19H16F3N3O3/c20-19(21,22)18(23-15(26)14-9-5-2-6-10-14)16(27)25(17(28)24-18)12-11-13-7-3-1-4-8-13/h1-10H,11-12H2,(H,23,26)(H,24,28). The van der Waals surface area contributed by atoms with Crippen molar-refractivity contribution < 1.29 is 27.6 Å². The zero-order valence-electron chi connectivity index (χ0n) is 14.5. The van der Waals surface area contributed by atoms with E-state index in [1.54, 1.807) is 47.0 Å². The van der Waals surface area contributed by atoms with E-state index < -0.39 is 29.7 Å². The Morgan fingerprint density at radius 3 is 2.14 bits per heavy atom. The number of carbonyl (C=O) groups is 3. The zero-order chi connectivity index (χ0) is 20.4. The van der Waals surface area contributed by atoms with Crippen LogP contribution in [0.5, 0.6) is 0 Å². The zero-order valence-corrected chi connectivity index (χ0v) is 14.5. The molecule has 6 nitrogen and oxygen atoms in total. The van der Waals surface area contributed by atoms with Crippen LogP contribution in [0.4, 0.5) is 18.0 Å². The molecular weight excluding hydrogens is 375 g/mol. The Hall–Kier alpha value is -3.36. The Labute approximate surface area is 158 Å². The van der Waals surface area contributed by atoms with Gasteiger partial charge in [-0.2, -0.15) is 13.2 Å². The number of amides is 4. The molecule has 2 aromatic carbocycles. The summed E-state index contributed by atoms with van der Waals surface area (Å²) < 4.78 is 41.3. The molecule has 1 aliphatic heterocycles. The van der Waals surface area contributed by atoms with Gasteiger partial charge in [0, 0.05) is 12.1 Å². The molecule has 1 aliphatic rings. The minimum Gasteiger partial charge on any atom is -0.314 e. The highest BCUT2D eigenvalue weighted by Crippen LogP contribution is 2.34. The highest BCUT2D eigenvalue weighted by atomic mass is 19.4. The second kappa shape index (κ2) is 7.34. The molecule has 1 saturated heterocycles. The Kier molecular flexibility index (Phi) is 5.08. The van der Waals surface area contributed by atoms with E-state index in [1.807, 2.05) is 0 Å². The topological polar surface area (TPSA) is 78.5 Å². The van der Waals surface area contributed by atoms with Crippen molar-refractivity contribution in [3.63, 3.8) is 0 Å². The first-order valence-electron chi connectivity index (χ1n) is 8.37. The molecule has 1 unspecified atom stereocenters. The van der Waals surface area contributed by atoms with Gasteiger partial charge in [-0.15, -0.1) is 0 Å². The summed E-state index contributed by atoms with van der Waals surface area (Å²) in [6.07, 6.45) is -5.05. The van der Waals surface area contributed by atoms with Crippen LogP contribution in [-0.4, -0.2) is 41.1 Å². The molecule has 4 amide bonds. The lowest BCUT2D eigenvalue weighted by Crippen LogP contribution is -2.69. The quantitative estimate of drug-likeness (QED) is 0.769. The van der Waals surface area contributed by atoms with Crippen LogP contribution in [0.2, 0.25) is 0 Å². The maximum absolute atomic E-state index is 13.8. The molecule has 9 heteroatoms. The van der Waals surface area contributed by atoms with Crippen molar-refractivity contribution in [1.82, 2.24) is 15.5 Å². The van der Waals surface area contributed by atoms with Gasteiger partial charge in [0.2, 0.25) is 0 Å². The van der Waals surface area contributed by atoms with Gasteiger partial charge in [0.15, 0.2) is 0 Å². The third kappa shape index (κ3) is 3.55. The number of rotatable bonds is 5. The van der Waals surface area contributed by atoms with Crippen LogP contribution in [0.3, 0.4) is 0 Å². The molecule has 0 spiro atoms. The maximum Gasteiger partial charge on any atom is 0.440 e. The van der Waals surface area contributed by atoms with Gasteiger partial charge in [0.25, 0.3) is 17.5 Å². The fraction of sp³-hybridized carbons (Fsp3) is 0.211. The smallest absolute Gasteiger partial charge is 0.314 e. The Bertz CT molecular complexity index is 888. The summed E-state index contributed by atoms with van der Waals surface area (Å²) in [5, 5.41) is 3.29. The molecule has 3 rings (SSSR count). The van der Waals surface area contributed by atoms with E-state index in [0.29, 0.717) is 4.90 Å². The highest BCUT2D eigenvalue weighted by molar-refractivity contribution is 6.10. The van der Waals surface area contributed by atoms with Crippen LogP contribution in [-0.2, 0) is 11.2 Å². The van der Waals surface area contributed by atoms with Crippen molar-refractivity contribution in [2.75, 3.05) is 6.54 Å². The molecule has 1 fully saturated rings. The van der Waals surface area contributed by atoms with Gasteiger partial charge in [-0.1, -0.05) is 48.5 Å². The molecule has 0 aliphatic carbocycles. The van der Waals surface area contributed by atoms with Crippen LogP contribution in [0.15, 0.2) is 60.7 Å². The lowest BCUT2D eigenvalue weighted by molar-refractivity contribution is -0.200. The molecule has 2 aromatic rings. The van der Waals surface area contributed by atoms with Gasteiger partial charge in [0.1, 0.15) is 0 Å². The van der Waals surface area contributed by atoms with E-state index in [4.69, 9.17) is 0 Å². The first kappa shape index (κ1) is 19.4. The van der Waals surface area contributed by atoms with E-state index in [1.165, 1.54) is 24.3 Å². The number of carbonyl (C=O) groups excluding carboxylic acids is 3. The lowest BCUT2D eigenvalue weighted by Gasteiger charge is -2.29. The summed E-state index contributed by atoms with van der Waals surface area (Å²) in [7, 11) is 0. The van der Waals surface area contributed by atoms with E-state index >= 15 is 0 Å². The maximum atomic E-state index is 13.8. The molecule has 0 saturated carbocycles. The van der Waals surface area contributed by atoms with Crippen molar-refractivity contribution in [3.8, 4) is 0 Å². The molecule has 0 radical (unpaired) electrons. The molecule has 28 heavy (non-hydrogen) atoms. The fourth-order valence-corrected chi connectivity index (χ4v) is 2.84. The monoisotopic (exact) mass is 391 g/mol. The number of benzene rings is 2. The summed E-state index contributed by atoms with van der Waals surface area (Å²) in [6, 6.07) is 14.6. The summed E-state index contributed by atoms with van der Waals surface area (Å²) in [4.78, 5) is 37.4. The van der Waals surface area contributed by atoms with E-state index in [-0.39, 0.29) is 18.5 Å². The van der Waals surface area contributed by atoms with Gasteiger partial charge >= 0.3 is 12.2 Å². The molecule has 1 atom stereocenters. The number of hydrogen-bond donors (Lipinski definition) is 2. The third-order valence-corrected chi connectivity index (χ3v) is 4.33. The van der Waals surface area contributed by atoms with Gasteiger partial charge < -0.3 is 5.32 Å². The number of alkyl halides is 3. The summed E-state index contributed by atoms with van der Waals surface area (Å²) in [5.41, 5.74) is -2.83. The second-order valence-electron chi connectivity index (χ2n) is 6.19. The van der Waals surface area contributed by atoms with E-state index in [9.17, 15) is 27.6 Å². The van der Waals surface area contributed by atoms with Crippen molar-refractivity contribution in [2.45, 2.75) is 18.3 Å². The van der Waals surface area contributed by atoms with Crippen LogP contribution in [0.25, 0.3) is 0 Å². The van der Waals surface area contributed by atoms with Crippen molar-refractivity contribution >= 4 is 17.8 Å². The van der Waals surface area contributed by atoms with Gasteiger partial charge in [0.05, 0.1) is 0 Å². The predicted molar refractivity (Wildman–Crippen MR) is 93.1 cm³/mol. The molecule has 1 heterocycles. The number of hydrogen-bond acceptors (Lipinski definition) is 3. The van der Waals surface area contributed by atoms with Crippen LogP contribution in [0, 0.1) is 0 Å². The summed E-state index contributed by atoms with van der Waals surface area (Å²) >= 11 is 0. The Morgan fingerprint density at radius 1 is 1.00 bits per heavy atom. The SMILES string of the molecule is O=C(NC1(C(F)(F)F)NC(=O)N(CCc2ccccc2)C1=O)c1ccccc1. The number of imide groups is 1. The van der Waals surface area contributed by atoms with E-state index in [2.05, 4.69) is 0 Å². The number of nitrogens with zero attached hydrogens (tertiary/aromatic N) is 1. The van der Waals surface area contributed by atoms with Crippen molar-refractivity contribution in [1.29, 1.82) is 0 Å². The first-order chi connectivity index (χ1) is 13.2. The average molecular weight is 391 g/mol. The third-order valence-electron chi connectivity index (χ3n) is 4.33. The molecule has 146 valence electrons. The number of urea groups is 1. The van der Waals surface area contributed by atoms with Gasteiger partial charge in [-0.25, -0.2) is 4.79 Å². The summed E-state index contributed by atoms with van der Waals surface area (Å²) in [5.74, 6) is -2.69. The van der Waals surface area contributed by atoms with Gasteiger partial charge in [-0.3, -0.25) is 19.8 Å². The number of nitrogens with one attached hydrogen (secondary N) is 2. The predicted octanol–water partition coefficient (Wildman–Crippen LogP) is 2.47. The largest absolute Gasteiger partial charge is 0.440 e. The van der Waals surface area contributed by atoms with Gasteiger partial charge in [-0.05, 0) is 24.1 Å². The summed E-state index contributed by atoms with van der Waals surface area (Å²) in [6.45, 7) is -0.256. The van der Waals surface area contributed by atoms with E-state index in [0.717, 1.165) is 5.56 Å². The average Bonchev–Trinajstić information content (AvgIpc) is 2.92. The molecule has 2 N–H and O–H groups in total. The second-order valence-corrected chi connectivity index (χ2v) is 6.19. The Morgan fingerprint density at radius 2 is 1.57 bits per heavy atom. The minimum absolute atomic E-state index is 0.0732. The van der Waals surface area contributed by atoms with Crippen LogP contribution < -0.4 is 10.6 Å². The van der Waals surface area contributed by atoms with Crippen molar-refractivity contribution in [3.05, 3.63) is 71.8 Å². The normalized spacial score (nSPS) is 19.5. The van der Waals surface area contributed by atoms with Crippen LogP contribution >= 0.6 is 0 Å². The lowest BCUT2D eigenvalue weighted by atomic mass is 10.1. The fourth-order valence-electron chi connectivity index (χ4n) is 2.84. The molecule has 0 aromatic heterocycles. The number of halogens is 3. The minimum atomic E-state index is -5.23.